The molecule has 0 fully saturated rings. The summed E-state index contributed by atoms with van der Waals surface area (Å²) in [5.74, 6) is -0.0329. The van der Waals surface area contributed by atoms with Gasteiger partial charge in [0.1, 0.15) is 5.75 Å². The quantitative estimate of drug-likeness (QED) is 0.917. The van der Waals surface area contributed by atoms with E-state index in [1.165, 1.54) is 0 Å². The monoisotopic (exact) mass is 272 g/mol. The Kier molecular flexibility index (Phi) is 4.15. The van der Waals surface area contributed by atoms with E-state index in [2.05, 4.69) is 15.9 Å². The van der Waals surface area contributed by atoms with Gasteiger partial charge >= 0.3 is 5.97 Å². The molecule has 4 heteroatoms. The molecule has 1 aromatic rings. The summed E-state index contributed by atoms with van der Waals surface area (Å²) in [6.07, 6.45) is 0. The molecular formula is C11H13BrO3. The van der Waals surface area contributed by atoms with Crippen LogP contribution >= 0.6 is 15.9 Å². The maximum Gasteiger partial charge on any atom is 0.341 e. The Morgan fingerprint density at radius 3 is 2.73 bits per heavy atom. The first kappa shape index (κ1) is 12.0. The van der Waals surface area contributed by atoms with Crippen LogP contribution in [0.5, 0.6) is 5.75 Å². The average molecular weight is 273 g/mol. The predicted molar refractivity (Wildman–Crippen MR) is 61.4 cm³/mol. The Morgan fingerprint density at radius 2 is 2.20 bits per heavy atom. The molecule has 0 heterocycles. The number of carboxylic acid groups (broad SMARTS) is 1. The molecule has 0 aliphatic heterocycles. The molecule has 1 N–H and O–H groups in total. The van der Waals surface area contributed by atoms with Gasteiger partial charge in [0, 0.05) is 4.47 Å². The van der Waals surface area contributed by atoms with Crippen LogP contribution in [0.15, 0.2) is 22.7 Å². The highest BCUT2D eigenvalue weighted by Gasteiger charge is 2.09. The highest BCUT2D eigenvalue weighted by atomic mass is 79.9. The van der Waals surface area contributed by atoms with Gasteiger partial charge in [0.15, 0.2) is 6.61 Å². The number of ether oxygens (including phenoxy) is 1. The summed E-state index contributed by atoms with van der Waals surface area (Å²) in [6.45, 7) is 3.77. The largest absolute Gasteiger partial charge is 0.482 e. The van der Waals surface area contributed by atoms with Crippen LogP contribution in [0.4, 0.5) is 0 Å². The molecular weight excluding hydrogens is 260 g/mol. The lowest BCUT2D eigenvalue weighted by molar-refractivity contribution is -0.139. The molecule has 3 nitrogen and oxygen atoms in total. The van der Waals surface area contributed by atoms with Gasteiger partial charge in [-0.15, -0.1) is 0 Å². The van der Waals surface area contributed by atoms with Crippen LogP contribution in [-0.2, 0) is 4.79 Å². The van der Waals surface area contributed by atoms with Crippen molar-refractivity contribution in [2.24, 2.45) is 0 Å². The van der Waals surface area contributed by atoms with Crippen LogP contribution < -0.4 is 4.74 Å². The third kappa shape index (κ3) is 3.55. The second-order valence-corrected chi connectivity index (χ2v) is 4.43. The van der Waals surface area contributed by atoms with Crippen LogP contribution in [0.2, 0.25) is 0 Å². The molecule has 0 radical (unpaired) electrons. The van der Waals surface area contributed by atoms with Gasteiger partial charge in [-0.3, -0.25) is 0 Å². The van der Waals surface area contributed by atoms with Gasteiger partial charge in [-0.1, -0.05) is 29.8 Å². The van der Waals surface area contributed by atoms with E-state index in [-0.39, 0.29) is 6.61 Å². The van der Waals surface area contributed by atoms with E-state index in [0.29, 0.717) is 11.7 Å². The minimum Gasteiger partial charge on any atom is -0.482 e. The lowest BCUT2D eigenvalue weighted by Gasteiger charge is -2.13. The molecule has 1 aromatic carbocycles. The lowest BCUT2D eigenvalue weighted by Crippen LogP contribution is -2.10. The molecule has 0 atom stereocenters. The first-order valence-corrected chi connectivity index (χ1v) is 5.44. The Labute approximate surface area is 97.2 Å². The zero-order chi connectivity index (χ0) is 11.4. The molecule has 0 unspecified atom stereocenters. The maximum atomic E-state index is 10.4. The minimum absolute atomic E-state index is 0.297. The fourth-order valence-electron chi connectivity index (χ4n) is 1.24. The standard InChI is InChI=1S/C11H13BrO3/c1-7(2)9-5-8(12)3-4-10(9)15-6-11(13)14/h3-5,7H,6H2,1-2H3,(H,13,14). The van der Waals surface area contributed by atoms with Crippen molar-refractivity contribution in [3.63, 3.8) is 0 Å². The van der Waals surface area contributed by atoms with Gasteiger partial charge < -0.3 is 9.84 Å². The Bertz CT molecular complexity index is 361. The Morgan fingerprint density at radius 1 is 1.53 bits per heavy atom. The number of halogens is 1. The van der Waals surface area contributed by atoms with E-state index in [9.17, 15) is 4.79 Å². The third-order valence-electron chi connectivity index (χ3n) is 1.94. The topological polar surface area (TPSA) is 46.5 Å². The van der Waals surface area contributed by atoms with E-state index in [1.807, 2.05) is 26.0 Å². The molecule has 0 aliphatic carbocycles. The number of benzene rings is 1. The summed E-state index contributed by atoms with van der Waals surface area (Å²) in [5.41, 5.74) is 1.01. The molecule has 82 valence electrons. The van der Waals surface area contributed by atoms with Crippen LogP contribution in [-0.4, -0.2) is 17.7 Å². The Hall–Kier alpha value is -1.03. The molecule has 15 heavy (non-hydrogen) atoms. The van der Waals surface area contributed by atoms with E-state index >= 15 is 0 Å². The summed E-state index contributed by atoms with van der Waals surface area (Å²) in [7, 11) is 0. The smallest absolute Gasteiger partial charge is 0.341 e. The van der Waals surface area contributed by atoms with Crippen molar-refractivity contribution in [2.45, 2.75) is 19.8 Å². The van der Waals surface area contributed by atoms with Gasteiger partial charge in [0.2, 0.25) is 0 Å². The van der Waals surface area contributed by atoms with E-state index in [4.69, 9.17) is 9.84 Å². The van der Waals surface area contributed by atoms with Crippen molar-refractivity contribution in [3.8, 4) is 5.75 Å². The second kappa shape index (κ2) is 5.16. The molecule has 0 bridgehead atoms. The summed E-state index contributed by atoms with van der Waals surface area (Å²) in [6, 6.07) is 5.56. The zero-order valence-corrected chi connectivity index (χ0v) is 10.2. The fraction of sp³-hybridized carbons (Fsp3) is 0.364. The normalized spacial score (nSPS) is 10.4. The summed E-state index contributed by atoms with van der Waals surface area (Å²) < 4.78 is 6.16. The summed E-state index contributed by atoms with van der Waals surface area (Å²) in [4.78, 5) is 10.4. The van der Waals surface area contributed by atoms with Crippen molar-refractivity contribution in [1.29, 1.82) is 0 Å². The van der Waals surface area contributed by atoms with Crippen molar-refractivity contribution >= 4 is 21.9 Å². The molecule has 0 saturated carbocycles. The van der Waals surface area contributed by atoms with Gasteiger partial charge in [-0.25, -0.2) is 4.79 Å². The average Bonchev–Trinajstić information content (AvgIpc) is 2.15. The molecule has 0 aromatic heterocycles. The number of hydrogen-bond donors (Lipinski definition) is 1. The number of carbonyl (C=O) groups is 1. The van der Waals surface area contributed by atoms with Crippen LogP contribution in [0.25, 0.3) is 0 Å². The molecule has 0 amide bonds. The number of hydrogen-bond acceptors (Lipinski definition) is 2. The second-order valence-electron chi connectivity index (χ2n) is 3.52. The number of carboxylic acids is 1. The van der Waals surface area contributed by atoms with Gasteiger partial charge in [-0.05, 0) is 29.7 Å². The van der Waals surface area contributed by atoms with Crippen molar-refractivity contribution in [1.82, 2.24) is 0 Å². The van der Waals surface area contributed by atoms with E-state index in [0.717, 1.165) is 10.0 Å². The van der Waals surface area contributed by atoms with E-state index < -0.39 is 5.97 Å². The number of rotatable bonds is 4. The minimum atomic E-state index is -0.965. The van der Waals surface area contributed by atoms with E-state index in [1.54, 1.807) is 6.07 Å². The molecule has 1 rings (SSSR count). The third-order valence-corrected chi connectivity index (χ3v) is 2.44. The SMILES string of the molecule is CC(C)c1cc(Br)ccc1OCC(=O)O. The van der Waals surface area contributed by atoms with Crippen LogP contribution in [0.3, 0.4) is 0 Å². The van der Waals surface area contributed by atoms with Crippen LogP contribution in [0, 0.1) is 0 Å². The number of aliphatic carboxylic acids is 1. The van der Waals surface area contributed by atoms with Crippen molar-refractivity contribution in [3.05, 3.63) is 28.2 Å². The molecule has 0 spiro atoms. The van der Waals surface area contributed by atoms with Gasteiger partial charge in [0.25, 0.3) is 0 Å². The molecule has 0 saturated heterocycles. The lowest BCUT2D eigenvalue weighted by atomic mass is 10.0. The van der Waals surface area contributed by atoms with Crippen molar-refractivity contribution < 1.29 is 14.6 Å². The summed E-state index contributed by atoms with van der Waals surface area (Å²) >= 11 is 3.37. The van der Waals surface area contributed by atoms with Crippen molar-refractivity contribution in [2.75, 3.05) is 6.61 Å². The first-order valence-electron chi connectivity index (χ1n) is 4.64. The highest BCUT2D eigenvalue weighted by Crippen LogP contribution is 2.29. The van der Waals surface area contributed by atoms with Gasteiger partial charge in [0.05, 0.1) is 0 Å². The first-order chi connectivity index (χ1) is 7.00. The summed E-state index contributed by atoms with van der Waals surface area (Å²) in [5, 5.41) is 8.52. The maximum absolute atomic E-state index is 10.4. The highest BCUT2D eigenvalue weighted by molar-refractivity contribution is 9.10. The zero-order valence-electron chi connectivity index (χ0n) is 8.66. The molecule has 0 aliphatic rings. The fourth-order valence-corrected chi connectivity index (χ4v) is 1.62. The Balaban J connectivity index is 2.90. The predicted octanol–water partition coefficient (Wildman–Crippen LogP) is 3.04. The van der Waals surface area contributed by atoms with Crippen LogP contribution in [0.1, 0.15) is 25.3 Å². The van der Waals surface area contributed by atoms with Gasteiger partial charge in [-0.2, -0.15) is 0 Å².